The van der Waals surface area contributed by atoms with E-state index in [-0.39, 0.29) is 12.5 Å². The second-order valence-corrected chi connectivity index (χ2v) is 8.21. The maximum Gasteiger partial charge on any atom is 0.291 e. The van der Waals surface area contributed by atoms with Crippen LogP contribution in [-0.2, 0) is 14.3 Å². The Morgan fingerprint density at radius 3 is 2.10 bits per heavy atom. The Hall–Kier alpha value is -2.47. The van der Waals surface area contributed by atoms with E-state index in [0.717, 1.165) is 12.1 Å². The van der Waals surface area contributed by atoms with E-state index in [0.29, 0.717) is 77.5 Å². The van der Waals surface area contributed by atoms with Gasteiger partial charge in [-0.25, -0.2) is 0 Å². The summed E-state index contributed by atoms with van der Waals surface area (Å²) >= 11 is 0. The molecule has 31 heavy (non-hydrogen) atoms. The molecule has 1 N–H and O–H groups in total. The van der Waals surface area contributed by atoms with Crippen molar-refractivity contribution >= 4 is 17.8 Å². The third kappa shape index (κ3) is 4.18. The number of rotatable bonds is 2. The number of allylic oxidation sites excluding steroid dienone is 1. The quantitative estimate of drug-likeness (QED) is 0.468. The lowest BCUT2D eigenvalue weighted by atomic mass is 10.2. The average Bonchev–Trinajstić information content (AvgIpc) is 3.26. The minimum Gasteiger partial charge on any atom is -0.625 e. The van der Waals surface area contributed by atoms with Gasteiger partial charge in [-0.15, -0.1) is 0 Å². The first-order valence-corrected chi connectivity index (χ1v) is 11.0. The fraction of sp³-hybridized carbons (Fsp3) is 0.650. The molecule has 3 fully saturated rings. The van der Waals surface area contributed by atoms with Crippen molar-refractivity contribution in [2.75, 3.05) is 65.7 Å². The molecule has 0 aliphatic carbocycles. The Labute approximate surface area is 181 Å². The van der Waals surface area contributed by atoms with Crippen LogP contribution in [0.15, 0.2) is 34.0 Å². The molecule has 1 unspecified atom stereocenters. The zero-order chi connectivity index (χ0) is 21.3. The lowest BCUT2D eigenvalue weighted by molar-refractivity contribution is -0.849. The van der Waals surface area contributed by atoms with Crippen molar-refractivity contribution in [2.24, 2.45) is 9.98 Å². The predicted molar refractivity (Wildman–Crippen MR) is 113 cm³/mol. The van der Waals surface area contributed by atoms with E-state index in [1.54, 1.807) is 17.2 Å². The molecule has 0 bridgehead atoms. The molecule has 3 saturated heterocycles. The van der Waals surface area contributed by atoms with Crippen molar-refractivity contribution in [3.05, 3.63) is 29.3 Å². The predicted octanol–water partition coefficient (Wildman–Crippen LogP) is -0.402. The highest BCUT2D eigenvalue weighted by molar-refractivity contribution is 6.00. The number of nitrogens with one attached hydrogen (secondary N) is 1. The molecule has 0 saturated carbocycles. The van der Waals surface area contributed by atoms with E-state index in [1.165, 1.54) is 0 Å². The minimum absolute atomic E-state index is 0.115. The second-order valence-electron chi connectivity index (χ2n) is 8.21. The number of carbonyl (C=O) groups excluding carboxylic acids is 1. The molecule has 1 amide bonds. The number of hydrogen-bond donors (Lipinski definition) is 1. The molecule has 11 heteroatoms. The van der Waals surface area contributed by atoms with Gasteiger partial charge in [0.1, 0.15) is 12.7 Å². The van der Waals surface area contributed by atoms with E-state index >= 15 is 0 Å². The normalized spacial score (nSPS) is 30.2. The molecule has 5 aliphatic rings. The number of aliphatic imine (C=N–C) groups is 2. The smallest absolute Gasteiger partial charge is 0.291 e. The van der Waals surface area contributed by atoms with Crippen LogP contribution in [0.1, 0.15) is 12.8 Å². The fourth-order valence-corrected chi connectivity index (χ4v) is 4.34. The summed E-state index contributed by atoms with van der Waals surface area (Å²) in [4.78, 5) is 27.5. The summed E-state index contributed by atoms with van der Waals surface area (Å²) in [5.41, 5.74) is 0.802. The molecule has 5 heterocycles. The maximum atomic E-state index is 13.8. The molecule has 1 atom stereocenters. The van der Waals surface area contributed by atoms with E-state index in [2.05, 4.69) is 15.1 Å². The van der Waals surface area contributed by atoms with Crippen LogP contribution < -0.4 is 5.32 Å². The first-order valence-electron chi connectivity index (χ1n) is 11.0. The van der Waals surface area contributed by atoms with Crippen LogP contribution in [0.5, 0.6) is 0 Å². The number of carbonyl (C=O) groups is 1. The fourth-order valence-electron chi connectivity index (χ4n) is 4.34. The molecule has 0 aromatic heterocycles. The number of hydroxylamine groups is 3. The largest absolute Gasteiger partial charge is 0.625 e. The van der Waals surface area contributed by atoms with Crippen molar-refractivity contribution in [3.8, 4) is 0 Å². The van der Waals surface area contributed by atoms with Gasteiger partial charge in [0.25, 0.3) is 6.29 Å². The summed E-state index contributed by atoms with van der Waals surface area (Å²) < 4.78 is 10.2. The molecule has 0 aromatic rings. The van der Waals surface area contributed by atoms with Crippen LogP contribution in [0.25, 0.3) is 0 Å². The summed E-state index contributed by atoms with van der Waals surface area (Å²) in [5.74, 6) is 1.44. The summed E-state index contributed by atoms with van der Waals surface area (Å²) in [5, 5.41) is 17.1. The number of nitrogens with zero attached hydrogens (tertiary/aromatic N) is 6. The molecule has 0 radical (unpaired) electrons. The van der Waals surface area contributed by atoms with Crippen LogP contribution in [0.2, 0.25) is 0 Å². The highest BCUT2D eigenvalue weighted by Crippen LogP contribution is 2.27. The second kappa shape index (κ2) is 8.58. The SMILES string of the molecule is O=C1CCCN1C1=CC[N+]([O-])(C2N=C(N3CCOCC3)NC(N3CCOCC3)=N2)C=C1. The Morgan fingerprint density at radius 2 is 1.61 bits per heavy atom. The molecule has 5 aliphatic heterocycles. The third-order valence-electron chi connectivity index (χ3n) is 6.18. The summed E-state index contributed by atoms with van der Waals surface area (Å²) in [6, 6.07) is 0. The van der Waals surface area contributed by atoms with Crippen LogP contribution in [0.3, 0.4) is 0 Å². The zero-order valence-corrected chi connectivity index (χ0v) is 17.6. The Kier molecular flexibility index (Phi) is 5.65. The van der Waals surface area contributed by atoms with Gasteiger partial charge in [-0.2, -0.15) is 9.98 Å². The zero-order valence-electron chi connectivity index (χ0n) is 17.6. The standard InChI is InChI=1S/C20H29N7O4/c28-17-2-1-5-26(17)16-3-10-27(29,11-4-16)20-22-18(24-6-12-30-13-7-24)21-19(23-20)25-8-14-31-15-9-25/h3-4,10,20H,1-2,5-9,11-15H2,(H,21,22,23). The Bertz CT molecular complexity index is 795. The van der Waals surface area contributed by atoms with Crippen molar-refractivity contribution in [3.63, 3.8) is 0 Å². The first kappa shape index (κ1) is 20.4. The summed E-state index contributed by atoms with van der Waals surface area (Å²) in [6.45, 7) is 6.25. The van der Waals surface area contributed by atoms with Crippen LogP contribution in [-0.4, -0.2) is 109 Å². The van der Waals surface area contributed by atoms with Crippen LogP contribution in [0, 0.1) is 5.21 Å². The molecule has 0 aromatic carbocycles. The first-order chi connectivity index (χ1) is 15.1. The van der Waals surface area contributed by atoms with Crippen molar-refractivity contribution < 1.29 is 18.9 Å². The molecule has 11 nitrogen and oxygen atoms in total. The van der Waals surface area contributed by atoms with Gasteiger partial charge in [-0.05, 0) is 12.5 Å². The van der Waals surface area contributed by atoms with Gasteiger partial charge in [-0.3, -0.25) is 14.8 Å². The van der Waals surface area contributed by atoms with Gasteiger partial charge >= 0.3 is 0 Å². The summed E-state index contributed by atoms with van der Waals surface area (Å²) in [7, 11) is 0. The number of hydrogen-bond acceptors (Lipinski definition) is 9. The lowest BCUT2D eigenvalue weighted by Gasteiger charge is -2.45. The van der Waals surface area contributed by atoms with E-state index in [9.17, 15) is 10.0 Å². The average molecular weight is 431 g/mol. The van der Waals surface area contributed by atoms with Gasteiger partial charge in [0.05, 0.1) is 32.1 Å². The number of morpholine rings is 2. The van der Waals surface area contributed by atoms with E-state index < -0.39 is 10.9 Å². The number of guanidine groups is 2. The molecular weight excluding hydrogens is 402 g/mol. The molecular formula is C20H29N7O4. The van der Waals surface area contributed by atoms with Crippen LogP contribution in [0.4, 0.5) is 0 Å². The van der Waals surface area contributed by atoms with Gasteiger partial charge < -0.3 is 29.4 Å². The number of likely N-dealkylation sites (tertiary alicyclic amines) is 1. The van der Waals surface area contributed by atoms with Crippen molar-refractivity contribution in [2.45, 2.75) is 19.1 Å². The highest BCUT2D eigenvalue weighted by Gasteiger charge is 2.36. The molecule has 168 valence electrons. The maximum absolute atomic E-state index is 13.8. The van der Waals surface area contributed by atoms with Crippen molar-refractivity contribution in [1.82, 2.24) is 20.0 Å². The van der Waals surface area contributed by atoms with Gasteiger partial charge in [0, 0.05) is 45.2 Å². The number of ether oxygens (including phenoxy) is 2. The van der Waals surface area contributed by atoms with Gasteiger partial charge in [-0.1, -0.05) is 0 Å². The van der Waals surface area contributed by atoms with Gasteiger partial charge in [0.2, 0.25) is 17.8 Å². The Morgan fingerprint density at radius 1 is 1.00 bits per heavy atom. The van der Waals surface area contributed by atoms with E-state index in [1.807, 2.05) is 6.08 Å². The molecule has 0 spiro atoms. The van der Waals surface area contributed by atoms with E-state index in [4.69, 9.17) is 19.5 Å². The Balaban J connectivity index is 1.39. The third-order valence-corrected chi connectivity index (χ3v) is 6.18. The summed E-state index contributed by atoms with van der Waals surface area (Å²) in [6.07, 6.45) is 5.74. The van der Waals surface area contributed by atoms with Crippen molar-refractivity contribution in [1.29, 1.82) is 0 Å². The number of quaternary nitrogens is 1. The molecule has 5 rings (SSSR count). The highest BCUT2D eigenvalue weighted by atomic mass is 16.6. The number of amides is 1. The minimum atomic E-state index is -0.847. The van der Waals surface area contributed by atoms with Gasteiger partial charge in [0.15, 0.2) is 0 Å². The lowest BCUT2D eigenvalue weighted by Crippen LogP contribution is -2.60. The monoisotopic (exact) mass is 431 g/mol. The van der Waals surface area contributed by atoms with Crippen LogP contribution >= 0.6 is 0 Å². The topological polar surface area (TPSA) is 105 Å².